The molecule has 1 aromatic carbocycles. The number of carbonyl (C=O) groups is 1. The topological polar surface area (TPSA) is 36.0 Å². The summed E-state index contributed by atoms with van der Waals surface area (Å²) in [6, 6.07) is 10.7. The summed E-state index contributed by atoms with van der Waals surface area (Å²) >= 11 is 0. The Morgan fingerprint density at radius 3 is 2.25 bits per heavy atom. The maximum Gasteiger partial charge on any atom is 0.236 e. The molecule has 0 saturated carbocycles. The molecule has 5 heteroatoms. The molecule has 2 atom stereocenters. The SMILES string of the molecule is O=C(CN1C[C@@H]2CN(Cc3ccccc3)C[C@@H]2C1)N1CCOCC1. The Hall–Kier alpha value is -1.43. The molecular weight excluding hydrogens is 302 g/mol. The number of morpholine rings is 1. The van der Waals surface area contributed by atoms with Crippen LogP contribution in [0.5, 0.6) is 0 Å². The molecule has 0 bridgehead atoms. The van der Waals surface area contributed by atoms with Crippen LogP contribution in [0.3, 0.4) is 0 Å². The highest BCUT2D eigenvalue weighted by Crippen LogP contribution is 2.31. The number of fused-ring (bicyclic) bond motifs is 1. The summed E-state index contributed by atoms with van der Waals surface area (Å²) in [5.74, 6) is 1.73. The normalized spacial score (nSPS) is 28.2. The molecule has 3 aliphatic rings. The predicted octanol–water partition coefficient (Wildman–Crippen LogP) is 0.909. The van der Waals surface area contributed by atoms with Crippen molar-refractivity contribution in [3.05, 3.63) is 35.9 Å². The maximum atomic E-state index is 12.4. The molecule has 3 heterocycles. The molecule has 3 aliphatic heterocycles. The van der Waals surface area contributed by atoms with E-state index in [1.807, 2.05) is 4.90 Å². The second-order valence-corrected chi connectivity index (χ2v) is 7.39. The number of ether oxygens (including phenoxy) is 1. The summed E-state index contributed by atoms with van der Waals surface area (Å²) in [5.41, 5.74) is 1.40. The average molecular weight is 329 g/mol. The summed E-state index contributed by atoms with van der Waals surface area (Å²) < 4.78 is 5.33. The highest BCUT2D eigenvalue weighted by molar-refractivity contribution is 5.78. The zero-order valence-electron chi connectivity index (χ0n) is 14.3. The van der Waals surface area contributed by atoms with E-state index in [0.29, 0.717) is 19.8 Å². The third-order valence-electron chi connectivity index (χ3n) is 5.61. The third-order valence-corrected chi connectivity index (χ3v) is 5.61. The van der Waals surface area contributed by atoms with Crippen molar-refractivity contribution in [1.29, 1.82) is 0 Å². The Kier molecular flexibility index (Phi) is 4.83. The van der Waals surface area contributed by atoms with Crippen LogP contribution in [0.4, 0.5) is 0 Å². The van der Waals surface area contributed by atoms with Gasteiger partial charge in [0.2, 0.25) is 5.91 Å². The zero-order valence-corrected chi connectivity index (χ0v) is 14.3. The molecule has 3 fully saturated rings. The third kappa shape index (κ3) is 3.63. The number of rotatable bonds is 4. The highest BCUT2D eigenvalue weighted by atomic mass is 16.5. The highest BCUT2D eigenvalue weighted by Gasteiger charge is 2.40. The first-order valence-electron chi connectivity index (χ1n) is 9.12. The van der Waals surface area contributed by atoms with E-state index in [9.17, 15) is 4.79 Å². The van der Waals surface area contributed by atoms with Gasteiger partial charge >= 0.3 is 0 Å². The minimum absolute atomic E-state index is 0.277. The Bertz CT molecular complexity index is 545. The van der Waals surface area contributed by atoms with Gasteiger partial charge in [-0.3, -0.25) is 14.6 Å². The monoisotopic (exact) mass is 329 g/mol. The fraction of sp³-hybridized carbons (Fsp3) is 0.632. The van der Waals surface area contributed by atoms with Crippen LogP contribution in [0.25, 0.3) is 0 Å². The van der Waals surface area contributed by atoms with Gasteiger partial charge in [-0.05, 0) is 17.4 Å². The van der Waals surface area contributed by atoms with Crippen LogP contribution in [0.15, 0.2) is 30.3 Å². The Morgan fingerprint density at radius 2 is 1.58 bits per heavy atom. The van der Waals surface area contributed by atoms with Gasteiger partial charge in [0.1, 0.15) is 0 Å². The van der Waals surface area contributed by atoms with Crippen LogP contribution in [0.2, 0.25) is 0 Å². The van der Waals surface area contributed by atoms with E-state index in [1.54, 1.807) is 0 Å². The largest absolute Gasteiger partial charge is 0.378 e. The molecular formula is C19H27N3O2. The van der Waals surface area contributed by atoms with Crippen LogP contribution in [0.1, 0.15) is 5.56 Å². The molecule has 1 aromatic rings. The molecule has 0 aliphatic carbocycles. The van der Waals surface area contributed by atoms with E-state index >= 15 is 0 Å². The Labute approximate surface area is 144 Å². The standard InChI is InChI=1S/C19H27N3O2/c23-19(22-6-8-24-9-7-22)15-21-13-17-11-20(12-18(17)14-21)10-16-4-2-1-3-5-16/h1-5,17-18H,6-15H2/t17-,18+. The van der Waals surface area contributed by atoms with E-state index in [0.717, 1.165) is 44.6 Å². The van der Waals surface area contributed by atoms with Crippen molar-refractivity contribution < 1.29 is 9.53 Å². The quantitative estimate of drug-likeness (QED) is 0.823. The second kappa shape index (κ2) is 7.21. The molecule has 5 nitrogen and oxygen atoms in total. The Morgan fingerprint density at radius 1 is 0.958 bits per heavy atom. The molecule has 0 aromatic heterocycles. The van der Waals surface area contributed by atoms with E-state index in [4.69, 9.17) is 4.74 Å². The van der Waals surface area contributed by atoms with Crippen molar-refractivity contribution in [3.8, 4) is 0 Å². The molecule has 130 valence electrons. The van der Waals surface area contributed by atoms with Crippen LogP contribution in [0, 0.1) is 11.8 Å². The summed E-state index contributed by atoms with van der Waals surface area (Å²) in [6.07, 6.45) is 0. The lowest BCUT2D eigenvalue weighted by Crippen LogP contribution is -2.45. The fourth-order valence-corrected chi connectivity index (χ4v) is 4.39. The molecule has 0 radical (unpaired) electrons. The molecule has 24 heavy (non-hydrogen) atoms. The molecule has 0 N–H and O–H groups in total. The fourth-order valence-electron chi connectivity index (χ4n) is 4.39. The first kappa shape index (κ1) is 16.1. The summed E-state index contributed by atoms with van der Waals surface area (Å²) in [4.78, 5) is 19.3. The van der Waals surface area contributed by atoms with Crippen molar-refractivity contribution >= 4 is 5.91 Å². The van der Waals surface area contributed by atoms with Gasteiger partial charge in [-0.1, -0.05) is 30.3 Å². The van der Waals surface area contributed by atoms with Crippen LogP contribution < -0.4 is 0 Å². The zero-order chi connectivity index (χ0) is 16.4. The smallest absolute Gasteiger partial charge is 0.236 e. The van der Waals surface area contributed by atoms with E-state index < -0.39 is 0 Å². The van der Waals surface area contributed by atoms with Crippen molar-refractivity contribution in [1.82, 2.24) is 14.7 Å². The first-order valence-corrected chi connectivity index (χ1v) is 9.12. The minimum Gasteiger partial charge on any atom is -0.378 e. The summed E-state index contributed by atoms with van der Waals surface area (Å²) in [7, 11) is 0. The Balaban J connectivity index is 1.24. The number of hydrogen-bond acceptors (Lipinski definition) is 4. The van der Waals surface area contributed by atoms with Crippen molar-refractivity contribution in [2.75, 3.05) is 59.0 Å². The average Bonchev–Trinajstić information content (AvgIpc) is 3.14. The van der Waals surface area contributed by atoms with Gasteiger partial charge in [0.05, 0.1) is 19.8 Å². The van der Waals surface area contributed by atoms with Crippen LogP contribution in [-0.4, -0.2) is 79.6 Å². The van der Waals surface area contributed by atoms with Gasteiger partial charge in [0.15, 0.2) is 0 Å². The van der Waals surface area contributed by atoms with Gasteiger partial charge < -0.3 is 9.64 Å². The van der Waals surface area contributed by atoms with Crippen LogP contribution >= 0.6 is 0 Å². The second-order valence-electron chi connectivity index (χ2n) is 7.39. The number of amides is 1. The summed E-state index contributed by atoms with van der Waals surface area (Å²) in [5, 5.41) is 0. The lowest BCUT2D eigenvalue weighted by atomic mass is 10.0. The van der Waals surface area contributed by atoms with Crippen molar-refractivity contribution in [3.63, 3.8) is 0 Å². The number of nitrogens with zero attached hydrogens (tertiary/aromatic N) is 3. The minimum atomic E-state index is 0.277. The van der Waals surface area contributed by atoms with Gasteiger partial charge in [0.25, 0.3) is 0 Å². The van der Waals surface area contributed by atoms with Gasteiger partial charge in [0, 0.05) is 45.8 Å². The molecule has 0 unspecified atom stereocenters. The van der Waals surface area contributed by atoms with Crippen molar-refractivity contribution in [2.45, 2.75) is 6.54 Å². The molecule has 0 spiro atoms. The first-order chi connectivity index (χ1) is 11.8. The molecule has 4 rings (SSSR count). The van der Waals surface area contributed by atoms with Crippen molar-refractivity contribution in [2.24, 2.45) is 11.8 Å². The predicted molar refractivity (Wildman–Crippen MR) is 92.5 cm³/mol. The van der Waals surface area contributed by atoms with Gasteiger partial charge in [-0.2, -0.15) is 0 Å². The lowest BCUT2D eigenvalue weighted by Gasteiger charge is -2.29. The number of likely N-dealkylation sites (tertiary alicyclic amines) is 2. The van der Waals surface area contributed by atoms with Crippen LogP contribution in [-0.2, 0) is 16.1 Å². The maximum absolute atomic E-state index is 12.4. The number of carbonyl (C=O) groups excluding carboxylic acids is 1. The molecule has 1 amide bonds. The van der Waals surface area contributed by atoms with Gasteiger partial charge in [-0.15, -0.1) is 0 Å². The van der Waals surface area contributed by atoms with E-state index in [2.05, 4.69) is 40.1 Å². The van der Waals surface area contributed by atoms with E-state index in [-0.39, 0.29) is 5.91 Å². The van der Waals surface area contributed by atoms with Gasteiger partial charge in [-0.25, -0.2) is 0 Å². The van der Waals surface area contributed by atoms with E-state index in [1.165, 1.54) is 18.7 Å². The molecule has 3 saturated heterocycles. The lowest BCUT2D eigenvalue weighted by molar-refractivity contribution is -0.136. The number of benzene rings is 1. The number of hydrogen-bond donors (Lipinski definition) is 0. The summed E-state index contributed by atoms with van der Waals surface area (Å²) in [6.45, 7) is 9.01.